The van der Waals surface area contributed by atoms with Crippen molar-refractivity contribution in [1.82, 2.24) is 14.9 Å². The van der Waals surface area contributed by atoms with Gasteiger partial charge in [0.05, 0.1) is 5.56 Å². The van der Waals surface area contributed by atoms with Crippen LogP contribution in [0.2, 0.25) is 0 Å². The summed E-state index contributed by atoms with van der Waals surface area (Å²) in [5.41, 5.74) is -0.229. The molecule has 0 spiro atoms. The van der Waals surface area contributed by atoms with E-state index in [2.05, 4.69) is 30.8 Å². The lowest BCUT2D eigenvalue weighted by Gasteiger charge is -2.26. The smallest absolute Gasteiger partial charge is 0.416 e. The number of aromatic nitrogens is 2. The van der Waals surface area contributed by atoms with Crippen molar-refractivity contribution in [3.63, 3.8) is 0 Å². The number of nitrogens with one attached hydrogen (secondary N) is 3. The van der Waals surface area contributed by atoms with Gasteiger partial charge in [0.1, 0.15) is 17.9 Å². The highest BCUT2D eigenvalue weighted by Gasteiger charge is 2.32. The molecule has 1 aromatic heterocycles. The third kappa shape index (κ3) is 8.07. The first-order chi connectivity index (χ1) is 18.3. The summed E-state index contributed by atoms with van der Waals surface area (Å²) in [5.74, 6) is 1.55. The number of piperidine rings is 1. The third-order valence-electron chi connectivity index (χ3n) is 6.18. The summed E-state index contributed by atoms with van der Waals surface area (Å²) in [6.07, 6.45) is 1.85. The average Bonchev–Trinajstić information content (AvgIpc) is 2.89. The number of urea groups is 1. The van der Waals surface area contributed by atoms with Gasteiger partial charge in [0, 0.05) is 24.0 Å². The Morgan fingerprint density at radius 3 is 2.42 bits per heavy atom. The molecular weight excluding hydrogens is 497 g/mol. The first-order valence-electron chi connectivity index (χ1n) is 12.6. The van der Waals surface area contributed by atoms with E-state index < -0.39 is 17.8 Å². The fourth-order valence-corrected chi connectivity index (χ4v) is 4.22. The van der Waals surface area contributed by atoms with Crippen molar-refractivity contribution in [3.8, 4) is 11.6 Å². The summed E-state index contributed by atoms with van der Waals surface area (Å²) in [6.45, 7) is 5.60. The summed E-state index contributed by atoms with van der Waals surface area (Å²) in [6, 6.07) is 11.2. The quantitative estimate of drug-likeness (QED) is 0.274. The number of carbonyl (C=O) groups is 1. The molecule has 2 aromatic carbocycles. The van der Waals surface area contributed by atoms with Gasteiger partial charge in [0.25, 0.3) is 0 Å². The number of ether oxygens (including phenoxy) is 1. The summed E-state index contributed by atoms with van der Waals surface area (Å²) >= 11 is 0. The summed E-state index contributed by atoms with van der Waals surface area (Å²) in [7, 11) is 0. The van der Waals surface area contributed by atoms with Crippen LogP contribution in [-0.4, -0.2) is 47.1 Å². The number of rotatable bonds is 9. The number of anilines is 3. The van der Waals surface area contributed by atoms with E-state index in [1.165, 1.54) is 57.7 Å². The van der Waals surface area contributed by atoms with Crippen LogP contribution in [0.15, 0.2) is 54.9 Å². The standard InChI is InChI=1S/C27H31F3N6O2/c1-19-6-7-21(16-23(19)27(28,29)30)35-26(37)34-20-8-10-22(11-9-20)38-25-17-24(32-18-33-25)31-12-5-15-36-13-3-2-4-14-36/h6-11,16-18H,2-5,12-15H2,1H3,(H,31,32,33)(H2,34,35,37). The number of aryl methyl sites for hydroxylation is 1. The zero-order valence-corrected chi connectivity index (χ0v) is 21.1. The third-order valence-corrected chi connectivity index (χ3v) is 6.18. The van der Waals surface area contributed by atoms with Crippen molar-refractivity contribution >= 4 is 23.2 Å². The molecule has 1 aliphatic rings. The zero-order valence-electron chi connectivity index (χ0n) is 21.1. The molecule has 2 amide bonds. The topological polar surface area (TPSA) is 91.4 Å². The minimum Gasteiger partial charge on any atom is -0.439 e. The van der Waals surface area contributed by atoms with Crippen molar-refractivity contribution in [2.75, 3.05) is 42.1 Å². The Balaban J connectivity index is 1.25. The maximum atomic E-state index is 13.1. The molecule has 0 aliphatic carbocycles. The Morgan fingerprint density at radius 1 is 0.974 bits per heavy atom. The molecule has 0 saturated carbocycles. The Morgan fingerprint density at radius 2 is 1.68 bits per heavy atom. The van der Waals surface area contributed by atoms with Crippen LogP contribution in [0.1, 0.15) is 36.8 Å². The summed E-state index contributed by atoms with van der Waals surface area (Å²) in [4.78, 5) is 23.2. The highest BCUT2D eigenvalue weighted by atomic mass is 19.4. The van der Waals surface area contributed by atoms with E-state index in [1.807, 2.05) is 0 Å². The maximum Gasteiger partial charge on any atom is 0.416 e. The van der Waals surface area contributed by atoms with Gasteiger partial charge < -0.3 is 25.6 Å². The lowest BCUT2D eigenvalue weighted by atomic mass is 10.1. The highest BCUT2D eigenvalue weighted by molar-refractivity contribution is 5.99. The number of hydrogen-bond acceptors (Lipinski definition) is 6. The van der Waals surface area contributed by atoms with E-state index in [0.29, 0.717) is 23.1 Å². The number of nitrogens with zero attached hydrogens (tertiary/aromatic N) is 3. The fraction of sp³-hybridized carbons (Fsp3) is 0.370. The van der Waals surface area contributed by atoms with Crippen LogP contribution >= 0.6 is 0 Å². The molecule has 4 rings (SSSR count). The molecule has 1 fully saturated rings. The van der Waals surface area contributed by atoms with Gasteiger partial charge in [-0.25, -0.2) is 14.8 Å². The zero-order chi connectivity index (χ0) is 27.0. The van der Waals surface area contributed by atoms with Crippen molar-refractivity contribution in [3.05, 3.63) is 66.0 Å². The monoisotopic (exact) mass is 528 g/mol. The minimum atomic E-state index is -4.50. The maximum absolute atomic E-state index is 13.1. The SMILES string of the molecule is Cc1ccc(NC(=O)Nc2ccc(Oc3cc(NCCCN4CCCCC4)ncn3)cc2)cc1C(F)(F)F. The number of halogens is 3. The lowest BCUT2D eigenvalue weighted by molar-refractivity contribution is -0.138. The Bertz CT molecular complexity index is 1210. The molecular formula is C27H31F3N6O2. The predicted octanol–water partition coefficient (Wildman–Crippen LogP) is 6.53. The number of likely N-dealkylation sites (tertiary alicyclic amines) is 1. The van der Waals surface area contributed by atoms with Crippen LogP contribution in [0.4, 0.5) is 35.2 Å². The van der Waals surface area contributed by atoms with Gasteiger partial charge in [-0.3, -0.25) is 0 Å². The molecule has 3 aromatic rings. The van der Waals surface area contributed by atoms with Gasteiger partial charge >= 0.3 is 12.2 Å². The van der Waals surface area contributed by atoms with Gasteiger partial charge in [-0.05, 0) is 87.8 Å². The van der Waals surface area contributed by atoms with E-state index in [1.54, 1.807) is 30.3 Å². The molecule has 1 aliphatic heterocycles. The number of amides is 2. The highest BCUT2D eigenvalue weighted by Crippen LogP contribution is 2.33. The van der Waals surface area contributed by atoms with E-state index >= 15 is 0 Å². The average molecular weight is 529 g/mol. The number of carbonyl (C=O) groups excluding carboxylic acids is 1. The second-order valence-corrected chi connectivity index (χ2v) is 9.16. The molecule has 11 heteroatoms. The van der Waals surface area contributed by atoms with Gasteiger partial charge in [0.15, 0.2) is 0 Å². The Kier molecular flexibility index (Phi) is 9.01. The summed E-state index contributed by atoms with van der Waals surface area (Å²) < 4.78 is 45.1. The second kappa shape index (κ2) is 12.6. The van der Waals surface area contributed by atoms with Crippen LogP contribution in [0.3, 0.4) is 0 Å². The first kappa shape index (κ1) is 27.2. The second-order valence-electron chi connectivity index (χ2n) is 9.16. The molecule has 0 atom stereocenters. The molecule has 2 heterocycles. The number of alkyl halides is 3. The van der Waals surface area contributed by atoms with Crippen LogP contribution in [0.5, 0.6) is 11.6 Å². The van der Waals surface area contributed by atoms with Crippen LogP contribution < -0.4 is 20.7 Å². The van der Waals surface area contributed by atoms with Crippen molar-refractivity contribution in [1.29, 1.82) is 0 Å². The van der Waals surface area contributed by atoms with Gasteiger partial charge in [-0.2, -0.15) is 13.2 Å². The number of benzene rings is 2. The number of hydrogen-bond donors (Lipinski definition) is 3. The summed E-state index contributed by atoms with van der Waals surface area (Å²) in [5, 5.41) is 8.31. The lowest BCUT2D eigenvalue weighted by Crippen LogP contribution is -2.31. The van der Waals surface area contributed by atoms with Gasteiger partial charge in [-0.1, -0.05) is 12.5 Å². The van der Waals surface area contributed by atoms with Crippen molar-refractivity contribution in [2.24, 2.45) is 0 Å². The largest absolute Gasteiger partial charge is 0.439 e. The molecule has 1 saturated heterocycles. The molecule has 3 N–H and O–H groups in total. The molecule has 202 valence electrons. The molecule has 0 radical (unpaired) electrons. The predicted molar refractivity (Wildman–Crippen MR) is 141 cm³/mol. The minimum absolute atomic E-state index is 0.0417. The Labute approximate surface area is 219 Å². The molecule has 0 bridgehead atoms. The van der Waals surface area contributed by atoms with Crippen LogP contribution in [0.25, 0.3) is 0 Å². The van der Waals surface area contributed by atoms with Crippen molar-refractivity contribution < 1.29 is 22.7 Å². The van der Waals surface area contributed by atoms with Crippen LogP contribution in [-0.2, 0) is 6.18 Å². The van der Waals surface area contributed by atoms with Gasteiger partial charge in [0.2, 0.25) is 5.88 Å². The van der Waals surface area contributed by atoms with Crippen molar-refractivity contribution in [2.45, 2.75) is 38.8 Å². The Hall–Kier alpha value is -3.86. The van der Waals surface area contributed by atoms with E-state index in [4.69, 9.17) is 4.74 Å². The van der Waals surface area contributed by atoms with Crippen LogP contribution in [0, 0.1) is 6.92 Å². The van der Waals surface area contributed by atoms with E-state index in [9.17, 15) is 18.0 Å². The first-order valence-corrected chi connectivity index (χ1v) is 12.6. The van der Waals surface area contributed by atoms with Gasteiger partial charge in [-0.15, -0.1) is 0 Å². The van der Waals surface area contributed by atoms with E-state index in [-0.39, 0.29) is 11.3 Å². The molecule has 8 nitrogen and oxygen atoms in total. The van der Waals surface area contributed by atoms with E-state index in [0.717, 1.165) is 25.6 Å². The molecule has 0 unspecified atom stereocenters. The normalized spacial score (nSPS) is 14.1. The fourth-order valence-electron chi connectivity index (χ4n) is 4.22. The molecule has 38 heavy (non-hydrogen) atoms.